The zero-order valence-corrected chi connectivity index (χ0v) is 17.2. The first-order valence-electron chi connectivity index (χ1n) is 9.94. The molecule has 1 atom stereocenters. The maximum absolute atomic E-state index is 12.7. The molecule has 0 unspecified atom stereocenters. The van der Waals surface area contributed by atoms with Crippen molar-refractivity contribution in [2.24, 2.45) is 0 Å². The molecule has 6 heteroatoms. The highest BCUT2D eigenvalue weighted by molar-refractivity contribution is 5.95. The summed E-state index contributed by atoms with van der Waals surface area (Å²) in [5.74, 6) is 1.07. The van der Waals surface area contributed by atoms with Crippen LogP contribution in [0.3, 0.4) is 0 Å². The molecule has 1 heterocycles. The summed E-state index contributed by atoms with van der Waals surface area (Å²) in [4.78, 5) is 25.9. The molecule has 1 saturated heterocycles. The number of ether oxygens (including phenoxy) is 2. The number of likely N-dealkylation sites (tertiary alicyclic amines) is 1. The van der Waals surface area contributed by atoms with Crippen molar-refractivity contribution < 1.29 is 19.1 Å². The summed E-state index contributed by atoms with van der Waals surface area (Å²) >= 11 is 0. The number of nitrogens with one attached hydrogen (secondary N) is 1. The van der Waals surface area contributed by atoms with E-state index in [0.717, 1.165) is 18.4 Å². The molecule has 29 heavy (non-hydrogen) atoms. The van der Waals surface area contributed by atoms with E-state index in [1.165, 1.54) is 0 Å². The van der Waals surface area contributed by atoms with Crippen LogP contribution < -0.4 is 14.8 Å². The van der Waals surface area contributed by atoms with Gasteiger partial charge in [-0.25, -0.2) is 0 Å². The molecule has 1 N–H and O–H groups in total. The van der Waals surface area contributed by atoms with Crippen molar-refractivity contribution in [3.05, 3.63) is 59.7 Å². The van der Waals surface area contributed by atoms with Crippen LogP contribution in [-0.4, -0.2) is 43.0 Å². The summed E-state index contributed by atoms with van der Waals surface area (Å²) in [6, 6.07) is 15.0. The molecule has 1 aliphatic rings. The summed E-state index contributed by atoms with van der Waals surface area (Å²) in [6.07, 6.45) is 1.58. The largest absolute Gasteiger partial charge is 0.493 e. The van der Waals surface area contributed by atoms with Gasteiger partial charge in [0.15, 0.2) is 11.5 Å². The highest BCUT2D eigenvalue weighted by Gasteiger charge is 2.23. The highest BCUT2D eigenvalue weighted by Crippen LogP contribution is 2.31. The van der Waals surface area contributed by atoms with E-state index in [9.17, 15) is 9.59 Å². The van der Waals surface area contributed by atoms with Crippen LogP contribution in [0, 0.1) is 0 Å². The number of nitrogens with zero attached hydrogens (tertiary/aromatic N) is 1. The Morgan fingerprint density at radius 2 is 1.76 bits per heavy atom. The van der Waals surface area contributed by atoms with Gasteiger partial charge < -0.3 is 19.7 Å². The van der Waals surface area contributed by atoms with E-state index in [2.05, 4.69) is 5.32 Å². The van der Waals surface area contributed by atoms with E-state index < -0.39 is 0 Å². The van der Waals surface area contributed by atoms with Gasteiger partial charge in [0, 0.05) is 38.4 Å². The lowest BCUT2D eigenvalue weighted by Gasteiger charge is -2.31. The first kappa shape index (κ1) is 20.7. The number of carbonyl (C=O) groups excluding carboxylic acids is 2. The predicted octanol–water partition coefficient (Wildman–Crippen LogP) is 3.58. The first-order chi connectivity index (χ1) is 14.0. The Hall–Kier alpha value is -3.02. The predicted molar refractivity (Wildman–Crippen MR) is 111 cm³/mol. The maximum atomic E-state index is 12.7. The molecule has 1 aliphatic heterocycles. The minimum atomic E-state index is -0.166. The Labute approximate surface area is 171 Å². The Kier molecular flexibility index (Phi) is 6.75. The number of hydrogen-bond donors (Lipinski definition) is 1. The molecule has 6 nitrogen and oxygen atoms in total. The summed E-state index contributed by atoms with van der Waals surface area (Å²) < 4.78 is 11.6. The number of rotatable bonds is 6. The van der Waals surface area contributed by atoms with Gasteiger partial charge >= 0.3 is 0 Å². The van der Waals surface area contributed by atoms with Crippen LogP contribution >= 0.6 is 0 Å². The Morgan fingerprint density at radius 3 is 2.38 bits per heavy atom. The molecule has 2 aromatic carbocycles. The van der Waals surface area contributed by atoms with Crippen LogP contribution in [0.15, 0.2) is 48.5 Å². The fourth-order valence-corrected chi connectivity index (χ4v) is 3.48. The summed E-state index contributed by atoms with van der Waals surface area (Å²) in [6.45, 7) is 4.93. The lowest BCUT2D eigenvalue weighted by Crippen LogP contribution is -2.40. The average Bonchev–Trinajstić information content (AvgIpc) is 2.75. The van der Waals surface area contributed by atoms with E-state index in [4.69, 9.17) is 9.47 Å². The van der Waals surface area contributed by atoms with Crippen LogP contribution in [-0.2, 0) is 4.79 Å². The average molecular weight is 396 g/mol. The van der Waals surface area contributed by atoms with E-state index in [0.29, 0.717) is 30.2 Å². The molecular formula is C23H28N2O4. The second-order valence-electron chi connectivity index (χ2n) is 7.29. The van der Waals surface area contributed by atoms with Crippen LogP contribution in [0.1, 0.15) is 48.7 Å². The Balaban J connectivity index is 1.64. The van der Waals surface area contributed by atoms with Crippen molar-refractivity contribution >= 4 is 11.8 Å². The smallest absolute Gasteiger partial charge is 0.251 e. The van der Waals surface area contributed by atoms with Crippen molar-refractivity contribution in [2.75, 3.05) is 20.2 Å². The standard InChI is InChI=1S/C23H28N2O4/c1-16(18-7-5-4-6-8-18)24-23(27)19-9-10-21(22(15-19)28-3)29-20-11-13-25(14-12-20)17(2)26/h4-10,15-16,20H,11-14H2,1-3H3,(H,24,27)/t16-/m0/s1. The molecule has 0 aromatic heterocycles. The zero-order valence-electron chi connectivity index (χ0n) is 17.2. The second-order valence-corrected chi connectivity index (χ2v) is 7.29. The molecule has 0 aliphatic carbocycles. The van der Waals surface area contributed by atoms with Gasteiger partial charge in [-0.15, -0.1) is 0 Å². The molecule has 154 valence electrons. The van der Waals surface area contributed by atoms with Gasteiger partial charge in [0.05, 0.1) is 13.2 Å². The van der Waals surface area contributed by atoms with Crippen LogP contribution in [0.5, 0.6) is 11.5 Å². The summed E-state index contributed by atoms with van der Waals surface area (Å²) in [5.41, 5.74) is 1.56. The van der Waals surface area contributed by atoms with Gasteiger partial charge in [-0.05, 0) is 30.7 Å². The lowest BCUT2D eigenvalue weighted by molar-refractivity contribution is -0.130. The molecular weight excluding hydrogens is 368 g/mol. The minimum Gasteiger partial charge on any atom is -0.493 e. The lowest BCUT2D eigenvalue weighted by atomic mass is 10.1. The monoisotopic (exact) mass is 396 g/mol. The fourth-order valence-electron chi connectivity index (χ4n) is 3.48. The number of piperidine rings is 1. The van der Waals surface area contributed by atoms with Crippen LogP contribution in [0.2, 0.25) is 0 Å². The summed E-state index contributed by atoms with van der Waals surface area (Å²) in [5, 5.41) is 3.01. The van der Waals surface area contributed by atoms with Crippen molar-refractivity contribution in [1.29, 1.82) is 0 Å². The number of benzene rings is 2. The number of hydrogen-bond acceptors (Lipinski definition) is 4. The van der Waals surface area contributed by atoms with Crippen LogP contribution in [0.25, 0.3) is 0 Å². The van der Waals surface area contributed by atoms with Crippen molar-refractivity contribution in [3.8, 4) is 11.5 Å². The van der Waals surface area contributed by atoms with Gasteiger partial charge in [0.1, 0.15) is 6.10 Å². The van der Waals surface area contributed by atoms with Gasteiger partial charge in [-0.3, -0.25) is 9.59 Å². The Bertz CT molecular complexity index is 845. The van der Waals surface area contributed by atoms with E-state index >= 15 is 0 Å². The number of methoxy groups -OCH3 is 1. The minimum absolute atomic E-state index is 0.0253. The normalized spacial score (nSPS) is 15.5. The fraction of sp³-hybridized carbons (Fsp3) is 0.391. The molecule has 2 amide bonds. The Morgan fingerprint density at radius 1 is 1.07 bits per heavy atom. The van der Waals surface area contributed by atoms with Gasteiger partial charge in [-0.2, -0.15) is 0 Å². The zero-order chi connectivity index (χ0) is 20.8. The van der Waals surface area contributed by atoms with Gasteiger partial charge in [-0.1, -0.05) is 30.3 Å². The van der Waals surface area contributed by atoms with E-state index in [-0.39, 0.29) is 24.0 Å². The van der Waals surface area contributed by atoms with Crippen molar-refractivity contribution in [2.45, 2.75) is 38.8 Å². The van der Waals surface area contributed by atoms with Gasteiger partial charge in [0.2, 0.25) is 5.91 Å². The third-order valence-corrected chi connectivity index (χ3v) is 5.25. The molecule has 1 fully saturated rings. The molecule has 0 saturated carbocycles. The third-order valence-electron chi connectivity index (χ3n) is 5.25. The van der Waals surface area contributed by atoms with Gasteiger partial charge in [0.25, 0.3) is 5.91 Å². The van der Waals surface area contributed by atoms with Crippen molar-refractivity contribution in [3.63, 3.8) is 0 Å². The molecule has 0 spiro atoms. The molecule has 0 radical (unpaired) electrons. The van der Waals surface area contributed by atoms with Crippen LogP contribution in [0.4, 0.5) is 0 Å². The second kappa shape index (κ2) is 9.45. The molecule has 3 rings (SSSR count). The maximum Gasteiger partial charge on any atom is 0.251 e. The number of amides is 2. The SMILES string of the molecule is COc1cc(C(=O)N[C@@H](C)c2ccccc2)ccc1OC1CCN(C(C)=O)CC1. The first-order valence-corrected chi connectivity index (χ1v) is 9.94. The topological polar surface area (TPSA) is 67.9 Å². The third kappa shape index (κ3) is 5.28. The summed E-state index contributed by atoms with van der Waals surface area (Å²) in [7, 11) is 1.56. The molecule has 0 bridgehead atoms. The number of carbonyl (C=O) groups is 2. The van der Waals surface area contributed by atoms with E-state index in [1.54, 1.807) is 32.2 Å². The van der Waals surface area contributed by atoms with Crippen molar-refractivity contribution in [1.82, 2.24) is 10.2 Å². The molecule has 2 aromatic rings. The van der Waals surface area contributed by atoms with E-state index in [1.807, 2.05) is 42.2 Å². The quantitative estimate of drug-likeness (QED) is 0.810. The highest BCUT2D eigenvalue weighted by atomic mass is 16.5.